The van der Waals surface area contributed by atoms with E-state index < -0.39 is 26.6 Å². The molecule has 2 aliphatic rings. The Morgan fingerprint density at radius 3 is 2.42 bits per heavy atom. The van der Waals surface area contributed by atoms with Gasteiger partial charge >= 0.3 is 6.09 Å². The Balaban J connectivity index is 1.53. The lowest BCUT2D eigenvalue weighted by atomic mass is 9.99. The molecule has 1 amide bonds. The summed E-state index contributed by atoms with van der Waals surface area (Å²) >= 11 is 7.15. The minimum atomic E-state index is -2.46. The summed E-state index contributed by atoms with van der Waals surface area (Å²) < 4.78 is 14.0. The molecule has 14 nitrogen and oxygen atoms in total. The lowest BCUT2D eigenvalue weighted by molar-refractivity contribution is 0.0305. The zero-order valence-electron chi connectivity index (χ0n) is 29.8. The van der Waals surface area contributed by atoms with Crippen molar-refractivity contribution in [3.63, 3.8) is 0 Å². The maximum atomic E-state index is 12.6. The maximum absolute atomic E-state index is 12.6. The molecule has 50 heavy (non-hydrogen) atoms. The number of fused-ring (bicyclic) bond motifs is 1. The summed E-state index contributed by atoms with van der Waals surface area (Å²) in [4.78, 5) is 25.2. The number of rotatable bonds is 14. The van der Waals surface area contributed by atoms with Gasteiger partial charge in [-0.3, -0.25) is 0 Å². The van der Waals surface area contributed by atoms with Gasteiger partial charge in [0.1, 0.15) is 6.07 Å². The Labute approximate surface area is 299 Å². The fourth-order valence-corrected chi connectivity index (χ4v) is 13.4. The molecule has 16 heteroatoms. The zero-order valence-corrected chi connectivity index (χ0v) is 31.5. The molecule has 2 aromatic heterocycles. The molecule has 1 saturated carbocycles. The molecule has 0 spiro atoms. The van der Waals surface area contributed by atoms with Gasteiger partial charge in [0.2, 0.25) is 14.3 Å². The van der Waals surface area contributed by atoms with Crippen LogP contribution in [-0.4, -0.2) is 95.5 Å². The maximum Gasteiger partial charge on any atom is 0.407 e. The van der Waals surface area contributed by atoms with E-state index >= 15 is 0 Å². The summed E-state index contributed by atoms with van der Waals surface area (Å²) in [6.07, 6.45) is 2.49. The molecule has 2 fully saturated rings. The van der Waals surface area contributed by atoms with Crippen LogP contribution in [0.15, 0.2) is 18.3 Å². The van der Waals surface area contributed by atoms with Crippen LogP contribution < -0.4 is 15.5 Å². The van der Waals surface area contributed by atoms with Gasteiger partial charge in [-0.05, 0) is 48.0 Å². The van der Waals surface area contributed by atoms with Crippen molar-refractivity contribution in [1.29, 1.82) is 10.5 Å². The molecule has 1 saturated heterocycles. The van der Waals surface area contributed by atoms with E-state index in [0.29, 0.717) is 52.9 Å². The van der Waals surface area contributed by atoms with Crippen LogP contribution in [0, 0.1) is 22.7 Å². The molecule has 3 heterocycles. The van der Waals surface area contributed by atoms with Gasteiger partial charge in [-0.2, -0.15) is 20.0 Å². The first-order valence-corrected chi connectivity index (χ1v) is 19.7. The molecule has 0 radical (unpaired) electrons. The number of imidazole rings is 1. The molecule has 0 unspecified atom stereocenters. The standard InChI is InChI=1S/C34H47ClN10O4Si/c1-20(2)50(21(3)4,22(5)6)49-29-19-43(11-10-27(29)44(34(46)47)12-13-48-7)28-15-23(16-36)14-26(30(28)35)40-33-41-31(39-24-8-9-24)32-38-18-25(17-37)45(32)42-33/h14-15,18,20-22,24,27,29H,8-13,19H2,1-7H3,(H,46,47)(H2,39,40,41,42)/t27-,29+/m1/s1. The van der Waals surface area contributed by atoms with Crippen molar-refractivity contribution in [3.8, 4) is 12.1 Å². The molecule has 2 atom stereocenters. The number of piperidine rings is 1. The highest BCUT2D eigenvalue weighted by Crippen LogP contribution is 2.45. The molecule has 1 aromatic carbocycles. The van der Waals surface area contributed by atoms with Crippen LogP contribution in [0.2, 0.25) is 21.6 Å². The number of amides is 1. The third kappa shape index (κ3) is 7.46. The lowest BCUT2D eigenvalue weighted by Gasteiger charge is -2.50. The van der Waals surface area contributed by atoms with E-state index in [9.17, 15) is 20.4 Å². The Morgan fingerprint density at radius 1 is 1.14 bits per heavy atom. The molecular weight excluding hydrogens is 676 g/mol. The van der Waals surface area contributed by atoms with Gasteiger partial charge in [0.05, 0.1) is 53.0 Å². The van der Waals surface area contributed by atoms with E-state index in [-0.39, 0.29) is 47.5 Å². The molecule has 3 N–H and O–H groups in total. The highest BCUT2D eigenvalue weighted by molar-refractivity contribution is 6.77. The third-order valence-corrected chi connectivity index (χ3v) is 16.5. The van der Waals surface area contributed by atoms with Crippen molar-refractivity contribution < 1.29 is 19.1 Å². The van der Waals surface area contributed by atoms with Crippen LogP contribution in [-0.2, 0) is 9.16 Å². The van der Waals surface area contributed by atoms with E-state index in [1.54, 1.807) is 19.2 Å². The Morgan fingerprint density at radius 2 is 1.84 bits per heavy atom. The van der Waals surface area contributed by atoms with Crippen molar-refractivity contribution >= 4 is 54.8 Å². The number of anilines is 4. The topological polar surface area (TPSA) is 177 Å². The summed E-state index contributed by atoms with van der Waals surface area (Å²) in [5, 5.41) is 41.5. The number of methoxy groups -OCH3 is 1. The fourth-order valence-electron chi connectivity index (χ4n) is 7.50. The number of halogens is 1. The van der Waals surface area contributed by atoms with Crippen molar-refractivity contribution in [2.45, 2.75) is 95.6 Å². The smallest absolute Gasteiger partial charge is 0.407 e. The minimum absolute atomic E-state index is 0.176. The number of aromatic nitrogens is 4. The van der Waals surface area contributed by atoms with Crippen molar-refractivity contribution in [3.05, 3.63) is 34.6 Å². The first kappa shape index (κ1) is 37.1. The lowest BCUT2D eigenvalue weighted by Crippen LogP contribution is -2.62. The van der Waals surface area contributed by atoms with Gasteiger partial charge < -0.3 is 34.7 Å². The minimum Gasteiger partial charge on any atom is -0.465 e. The van der Waals surface area contributed by atoms with Gasteiger partial charge in [-0.1, -0.05) is 53.1 Å². The van der Waals surface area contributed by atoms with Gasteiger partial charge in [0.15, 0.2) is 17.2 Å². The fraction of sp³-hybridized carbons (Fsp3) is 0.588. The Bertz CT molecular complexity index is 1760. The van der Waals surface area contributed by atoms with E-state index in [2.05, 4.69) is 84.3 Å². The monoisotopic (exact) mass is 722 g/mol. The highest BCUT2D eigenvalue weighted by atomic mass is 35.5. The van der Waals surface area contributed by atoms with Crippen LogP contribution in [0.5, 0.6) is 0 Å². The molecule has 5 rings (SSSR count). The molecule has 1 aliphatic heterocycles. The SMILES string of the molecule is COCCN(C(=O)O)[C@@H]1CCN(c2cc(C#N)cc(Nc3nc(NC4CC4)c4ncc(C#N)n4n3)c2Cl)C[C@@H]1O[Si](C(C)C)(C(C)C)C(C)C. The van der Waals surface area contributed by atoms with Crippen molar-refractivity contribution in [1.82, 2.24) is 24.5 Å². The largest absolute Gasteiger partial charge is 0.465 e. The molecule has 3 aromatic rings. The number of nitrogens with one attached hydrogen (secondary N) is 2. The average Bonchev–Trinajstić information content (AvgIpc) is 3.79. The van der Waals surface area contributed by atoms with Crippen LogP contribution >= 0.6 is 11.6 Å². The second-order valence-electron chi connectivity index (χ2n) is 14.0. The average molecular weight is 723 g/mol. The molecule has 1 aliphatic carbocycles. The number of nitriles is 2. The van der Waals surface area contributed by atoms with E-state index in [0.717, 1.165) is 12.8 Å². The van der Waals surface area contributed by atoms with Crippen LogP contribution in [0.25, 0.3) is 5.65 Å². The van der Waals surface area contributed by atoms with Crippen molar-refractivity contribution in [2.75, 3.05) is 48.9 Å². The van der Waals surface area contributed by atoms with E-state index in [1.807, 2.05) is 0 Å². The number of benzene rings is 1. The second kappa shape index (κ2) is 15.4. The van der Waals surface area contributed by atoms with Gasteiger partial charge in [-0.15, -0.1) is 5.10 Å². The summed E-state index contributed by atoms with van der Waals surface area (Å²) in [7, 11) is -0.896. The normalized spacial score (nSPS) is 18.1. The van der Waals surface area contributed by atoms with Gasteiger partial charge in [0, 0.05) is 32.8 Å². The van der Waals surface area contributed by atoms with Crippen LogP contribution in [0.4, 0.5) is 27.9 Å². The summed E-state index contributed by atoms with van der Waals surface area (Å²) in [5.74, 6) is 0.667. The van der Waals surface area contributed by atoms with Crippen molar-refractivity contribution in [2.24, 2.45) is 0 Å². The molecule has 0 bridgehead atoms. The molecule has 268 valence electrons. The van der Waals surface area contributed by atoms with Crippen LogP contribution in [0.3, 0.4) is 0 Å². The quantitative estimate of drug-likeness (QED) is 0.152. The first-order valence-electron chi connectivity index (χ1n) is 17.2. The number of carboxylic acid groups (broad SMARTS) is 1. The number of hydrogen-bond donors (Lipinski definition) is 3. The van der Waals surface area contributed by atoms with Gasteiger partial charge in [-0.25, -0.2) is 9.78 Å². The number of nitrogens with zero attached hydrogens (tertiary/aromatic N) is 8. The summed E-state index contributed by atoms with van der Waals surface area (Å²) in [6, 6.07) is 7.61. The van der Waals surface area contributed by atoms with E-state index in [1.165, 1.54) is 15.6 Å². The summed E-state index contributed by atoms with van der Waals surface area (Å²) in [5.41, 5.74) is 2.94. The van der Waals surface area contributed by atoms with Crippen LogP contribution in [0.1, 0.15) is 72.1 Å². The summed E-state index contributed by atoms with van der Waals surface area (Å²) in [6.45, 7) is 14.6. The Hall–Kier alpha value is -4.15. The number of hydrogen-bond acceptors (Lipinski definition) is 11. The molecular formula is C34H47ClN10O4Si. The number of ether oxygens (including phenoxy) is 1. The number of carbonyl (C=O) groups is 1. The predicted molar refractivity (Wildman–Crippen MR) is 195 cm³/mol. The third-order valence-electron chi connectivity index (χ3n) is 9.93. The second-order valence-corrected chi connectivity index (χ2v) is 19.8. The Kier molecular flexibility index (Phi) is 11.4. The zero-order chi connectivity index (χ0) is 36.3. The first-order chi connectivity index (χ1) is 23.8. The van der Waals surface area contributed by atoms with Gasteiger partial charge in [0.25, 0.3) is 0 Å². The highest BCUT2D eigenvalue weighted by Gasteiger charge is 2.49. The van der Waals surface area contributed by atoms with E-state index in [4.69, 9.17) is 20.8 Å². The predicted octanol–water partition coefficient (Wildman–Crippen LogP) is 6.60.